The number of hydrogen-bond acceptors (Lipinski definition) is 8. The van der Waals surface area contributed by atoms with E-state index < -0.39 is 23.8 Å². The molecule has 5 rings (SSSR count). The molecule has 2 aliphatic rings. The first-order valence-electron chi connectivity index (χ1n) is 10.5. The van der Waals surface area contributed by atoms with Crippen LogP contribution in [0.3, 0.4) is 0 Å². The van der Waals surface area contributed by atoms with Gasteiger partial charge in [0, 0.05) is 37.6 Å². The molecule has 2 aliphatic heterocycles. The average Bonchev–Trinajstić information content (AvgIpc) is 3.37. The van der Waals surface area contributed by atoms with Gasteiger partial charge in [0.2, 0.25) is 0 Å². The van der Waals surface area contributed by atoms with Crippen LogP contribution in [-0.2, 0) is 16.1 Å². The number of nitrogens with zero attached hydrogens (tertiary/aromatic N) is 7. The normalized spacial score (nSPS) is 19.0. The molecule has 1 amide bonds. The molecule has 0 radical (unpaired) electrons. The Morgan fingerprint density at radius 1 is 1.09 bits per heavy atom. The van der Waals surface area contributed by atoms with Gasteiger partial charge in [-0.05, 0) is 12.1 Å². The van der Waals surface area contributed by atoms with Gasteiger partial charge in [0.15, 0.2) is 17.5 Å². The van der Waals surface area contributed by atoms with E-state index in [0.717, 1.165) is 12.1 Å². The molecule has 1 atom stereocenters. The Balaban J connectivity index is 1.30. The Hall–Kier alpha value is -3.80. The Morgan fingerprint density at radius 3 is 2.67 bits per heavy atom. The van der Waals surface area contributed by atoms with E-state index in [2.05, 4.69) is 15.3 Å². The van der Waals surface area contributed by atoms with Crippen LogP contribution in [0.1, 0.15) is 0 Å². The van der Waals surface area contributed by atoms with Crippen molar-refractivity contribution in [3.63, 3.8) is 0 Å². The smallest absolute Gasteiger partial charge is 0.414 e. The SMILES string of the molecule is O=C1O[C@@H](Cn2ccnn2)CN1c1cc(F)c(N2CCON(c3ccccn3)CC2)c(F)c1. The molecule has 10 nitrogen and oxygen atoms in total. The van der Waals surface area contributed by atoms with Crippen LogP contribution in [0.15, 0.2) is 48.9 Å². The molecule has 0 N–H and O–H groups in total. The number of ether oxygens (including phenoxy) is 1. The van der Waals surface area contributed by atoms with E-state index in [9.17, 15) is 4.79 Å². The Bertz CT molecular complexity index is 1090. The quantitative estimate of drug-likeness (QED) is 0.577. The summed E-state index contributed by atoms with van der Waals surface area (Å²) in [4.78, 5) is 25.1. The minimum Gasteiger partial charge on any atom is -0.442 e. The minimum atomic E-state index is -0.760. The van der Waals surface area contributed by atoms with Gasteiger partial charge in [-0.1, -0.05) is 11.3 Å². The zero-order valence-corrected chi connectivity index (χ0v) is 17.5. The van der Waals surface area contributed by atoms with Crippen LogP contribution < -0.4 is 14.9 Å². The van der Waals surface area contributed by atoms with Crippen molar-refractivity contribution in [1.29, 1.82) is 0 Å². The minimum absolute atomic E-state index is 0.0982. The summed E-state index contributed by atoms with van der Waals surface area (Å²) in [5.41, 5.74) is -0.0574. The molecule has 2 fully saturated rings. The monoisotopic (exact) mass is 457 g/mol. The summed E-state index contributed by atoms with van der Waals surface area (Å²) in [6.07, 6.45) is 3.64. The number of carbonyl (C=O) groups is 1. The lowest BCUT2D eigenvalue weighted by molar-refractivity contribution is 0.124. The van der Waals surface area contributed by atoms with Gasteiger partial charge in [-0.2, -0.15) is 0 Å². The molecule has 2 saturated heterocycles. The standard InChI is InChI=1S/C21H21F2N7O3/c22-17-11-15(29-14-16(33-21(29)31)13-28-6-5-25-26-28)12-18(23)20(17)27-7-8-30(32-10-9-27)19-3-1-2-4-24-19/h1-6,11-12,16H,7-10,13-14H2/t16-/m0/s1. The molecule has 33 heavy (non-hydrogen) atoms. The highest BCUT2D eigenvalue weighted by Gasteiger charge is 2.34. The molecule has 12 heteroatoms. The third-order valence-electron chi connectivity index (χ3n) is 5.45. The third kappa shape index (κ3) is 4.42. The summed E-state index contributed by atoms with van der Waals surface area (Å²) in [7, 11) is 0. The van der Waals surface area contributed by atoms with Crippen LogP contribution >= 0.6 is 0 Å². The molecule has 0 spiro atoms. The van der Waals surface area contributed by atoms with Crippen LogP contribution in [0, 0.1) is 11.6 Å². The zero-order chi connectivity index (χ0) is 22.8. The number of halogens is 2. The Kier molecular flexibility index (Phi) is 5.73. The van der Waals surface area contributed by atoms with E-state index >= 15 is 8.78 Å². The van der Waals surface area contributed by atoms with E-state index in [1.807, 2.05) is 6.07 Å². The zero-order valence-electron chi connectivity index (χ0n) is 17.5. The van der Waals surface area contributed by atoms with E-state index in [-0.39, 0.29) is 24.5 Å². The highest BCUT2D eigenvalue weighted by Crippen LogP contribution is 2.31. The van der Waals surface area contributed by atoms with Crippen LogP contribution in [-0.4, -0.2) is 65.0 Å². The second-order valence-corrected chi connectivity index (χ2v) is 7.61. The molecular formula is C21H21F2N7O3. The molecule has 172 valence electrons. The van der Waals surface area contributed by atoms with Crippen molar-refractivity contribution >= 4 is 23.3 Å². The molecule has 4 heterocycles. The van der Waals surface area contributed by atoms with Crippen molar-refractivity contribution in [3.8, 4) is 0 Å². The van der Waals surface area contributed by atoms with Crippen LogP contribution in [0.25, 0.3) is 0 Å². The summed E-state index contributed by atoms with van der Waals surface area (Å²) < 4.78 is 37.0. The number of aromatic nitrogens is 4. The molecule has 3 aromatic rings. The van der Waals surface area contributed by atoms with Crippen molar-refractivity contribution in [3.05, 3.63) is 60.6 Å². The maximum atomic E-state index is 15.1. The maximum absolute atomic E-state index is 15.1. The summed E-state index contributed by atoms with van der Waals surface area (Å²) in [5, 5.41) is 9.16. The first kappa shape index (κ1) is 21.1. The summed E-state index contributed by atoms with van der Waals surface area (Å²) in [6.45, 7) is 1.68. The summed E-state index contributed by atoms with van der Waals surface area (Å²) >= 11 is 0. The molecule has 1 aromatic carbocycles. The van der Waals surface area contributed by atoms with Gasteiger partial charge in [0.05, 0.1) is 38.1 Å². The number of rotatable bonds is 5. The predicted molar refractivity (Wildman–Crippen MR) is 114 cm³/mol. The highest BCUT2D eigenvalue weighted by atomic mass is 19.1. The topological polar surface area (TPSA) is 88.9 Å². The first-order chi connectivity index (χ1) is 16.1. The second kappa shape index (κ2) is 8.98. The number of amides is 1. The van der Waals surface area contributed by atoms with Gasteiger partial charge in [0.1, 0.15) is 11.8 Å². The van der Waals surface area contributed by atoms with Gasteiger partial charge in [-0.25, -0.2) is 28.3 Å². The van der Waals surface area contributed by atoms with Gasteiger partial charge in [-0.15, -0.1) is 5.10 Å². The fourth-order valence-corrected chi connectivity index (χ4v) is 3.93. The van der Waals surface area contributed by atoms with Crippen molar-refractivity contribution in [2.45, 2.75) is 12.6 Å². The van der Waals surface area contributed by atoms with Crippen LogP contribution in [0.4, 0.5) is 30.8 Å². The lowest BCUT2D eigenvalue weighted by Crippen LogP contribution is -2.32. The Morgan fingerprint density at radius 2 is 1.94 bits per heavy atom. The fraction of sp³-hybridized carbons (Fsp3) is 0.333. The number of anilines is 3. The Labute approximate surface area is 187 Å². The van der Waals surface area contributed by atoms with Gasteiger partial charge < -0.3 is 9.64 Å². The van der Waals surface area contributed by atoms with Gasteiger partial charge in [0.25, 0.3) is 0 Å². The van der Waals surface area contributed by atoms with E-state index in [1.54, 1.807) is 34.5 Å². The van der Waals surface area contributed by atoms with Crippen molar-refractivity contribution < 1.29 is 23.1 Å². The fourth-order valence-electron chi connectivity index (χ4n) is 3.93. The predicted octanol–water partition coefficient (Wildman–Crippen LogP) is 2.23. The lowest BCUT2D eigenvalue weighted by Gasteiger charge is -2.24. The van der Waals surface area contributed by atoms with E-state index in [4.69, 9.17) is 9.57 Å². The lowest BCUT2D eigenvalue weighted by atomic mass is 10.2. The number of carbonyl (C=O) groups excluding carboxylic acids is 1. The van der Waals surface area contributed by atoms with Crippen LogP contribution in [0.5, 0.6) is 0 Å². The van der Waals surface area contributed by atoms with Crippen molar-refractivity contribution in [1.82, 2.24) is 20.0 Å². The van der Waals surface area contributed by atoms with Crippen molar-refractivity contribution in [2.24, 2.45) is 0 Å². The molecule has 0 bridgehead atoms. The largest absolute Gasteiger partial charge is 0.442 e. The molecule has 2 aromatic heterocycles. The van der Waals surface area contributed by atoms with E-state index in [0.29, 0.717) is 32.0 Å². The highest BCUT2D eigenvalue weighted by molar-refractivity contribution is 5.90. The third-order valence-corrected chi connectivity index (χ3v) is 5.45. The maximum Gasteiger partial charge on any atom is 0.414 e. The summed E-state index contributed by atoms with van der Waals surface area (Å²) in [6, 6.07) is 7.75. The van der Waals surface area contributed by atoms with Crippen LogP contribution in [0.2, 0.25) is 0 Å². The second-order valence-electron chi connectivity index (χ2n) is 7.61. The van der Waals surface area contributed by atoms with Gasteiger partial charge in [-0.3, -0.25) is 9.74 Å². The van der Waals surface area contributed by atoms with E-state index in [1.165, 1.54) is 15.8 Å². The number of hydroxylamine groups is 1. The average molecular weight is 457 g/mol. The number of pyridine rings is 1. The number of benzene rings is 1. The number of cyclic esters (lactones) is 1. The van der Waals surface area contributed by atoms with Crippen molar-refractivity contribution in [2.75, 3.05) is 47.6 Å². The molecule has 0 saturated carbocycles. The molecule has 0 aliphatic carbocycles. The molecule has 0 unspecified atom stereocenters. The summed E-state index contributed by atoms with van der Waals surface area (Å²) in [5.74, 6) is -0.892. The number of hydrogen-bond donors (Lipinski definition) is 0. The first-order valence-corrected chi connectivity index (χ1v) is 10.5. The van der Waals surface area contributed by atoms with Gasteiger partial charge >= 0.3 is 6.09 Å². The molecular weight excluding hydrogens is 436 g/mol.